The fourth-order valence-corrected chi connectivity index (χ4v) is 4.11. The van der Waals surface area contributed by atoms with Crippen molar-refractivity contribution in [1.29, 1.82) is 0 Å². The third-order valence-corrected chi connectivity index (χ3v) is 5.33. The van der Waals surface area contributed by atoms with Gasteiger partial charge < -0.3 is 4.74 Å². The molecule has 1 aliphatic rings. The van der Waals surface area contributed by atoms with Crippen molar-refractivity contribution in [3.63, 3.8) is 0 Å². The molecule has 0 bridgehead atoms. The molecule has 2 atom stereocenters. The molecule has 1 N–H and O–H groups in total. The number of morpholine rings is 1. The lowest BCUT2D eigenvalue weighted by molar-refractivity contribution is -0.0444. The SMILES string of the molecule is CC1CN(S(=O)(=O)NCc2cnn(-c3ccccc3)c2)CC(C)O1. The lowest BCUT2D eigenvalue weighted by atomic mass is 10.3. The molecule has 130 valence electrons. The fraction of sp³-hybridized carbons (Fsp3) is 0.438. The Morgan fingerprint density at radius 2 is 1.88 bits per heavy atom. The predicted octanol–water partition coefficient (Wildman–Crippen LogP) is 1.32. The summed E-state index contributed by atoms with van der Waals surface area (Å²) >= 11 is 0. The van der Waals surface area contributed by atoms with Crippen LogP contribution in [-0.2, 0) is 21.5 Å². The molecule has 0 saturated carbocycles. The first-order valence-electron chi connectivity index (χ1n) is 7.93. The first kappa shape index (κ1) is 17.1. The fourth-order valence-electron chi connectivity index (χ4n) is 2.77. The van der Waals surface area contributed by atoms with Crippen molar-refractivity contribution in [1.82, 2.24) is 18.8 Å². The highest BCUT2D eigenvalue weighted by atomic mass is 32.2. The van der Waals surface area contributed by atoms with Crippen molar-refractivity contribution in [2.45, 2.75) is 32.6 Å². The number of rotatable bonds is 5. The van der Waals surface area contributed by atoms with Crippen LogP contribution in [0, 0.1) is 0 Å². The van der Waals surface area contributed by atoms with Gasteiger partial charge in [-0.1, -0.05) is 18.2 Å². The van der Waals surface area contributed by atoms with Gasteiger partial charge in [0.1, 0.15) is 0 Å². The van der Waals surface area contributed by atoms with E-state index in [-0.39, 0.29) is 18.8 Å². The molecule has 1 fully saturated rings. The Morgan fingerprint density at radius 3 is 2.54 bits per heavy atom. The Bertz CT molecular complexity index is 766. The quantitative estimate of drug-likeness (QED) is 0.882. The van der Waals surface area contributed by atoms with Crippen LogP contribution in [0.2, 0.25) is 0 Å². The third kappa shape index (κ3) is 4.02. The maximum atomic E-state index is 12.5. The summed E-state index contributed by atoms with van der Waals surface area (Å²) in [6.45, 7) is 4.69. The molecular weight excluding hydrogens is 328 g/mol. The molecular formula is C16H22N4O3S. The Kier molecular flexibility index (Phi) is 5.00. The molecule has 2 heterocycles. The average molecular weight is 350 g/mol. The van der Waals surface area contributed by atoms with E-state index in [9.17, 15) is 8.42 Å². The van der Waals surface area contributed by atoms with E-state index in [2.05, 4.69) is 9.82 Å². The molecule has 24 heavy (non-hydrogen) atoms. The second kappa shape index (κ2) is 7.02. The summed E-state index contributed by atoms with van der Waals surface area (Å²) < 4.78 is 36.3. The molecule has 0 spiro atoms. The molecule has 1 aliphatic heterocycles. The summed E-state index contributed by atoms with van der Waals surface area (Å²) in [5.74, 6) is 0. The monoisotopic (exact) mass is 350 g/mol. The summed E-state index contributed by atoms with van der Waals surface area (Å²) in [6.07, 6.45) is 3.28. The largest absolute Gasteiger partial charge is 0.373 e. The molecule has 2 aromatic rings. The predicted molar refractivity (Wildman–Crippen MR) is 90.9 cm³/mol. The number of hydrogen-bond acceptors (Lipinski definition) is 4. The number of ether oxygens (including phenoxy) is 1. The van der Waals surface area contributed by atoms with Crippen LogP contribution in [-0.4, -0.2) is 47.8 Å². The van der Waals surface area contributed by atoms with E-state index in [1.165, 1.54) is 4.31 Å². The normalized spacial score (nSPS) is 22.6. The van der Waals surface area contributed by atoms with Crippen LogP contribution >= 0.6 is 0 Å². The van der Waals surface area contributed by atoms with Crippen LogP contribution < -0.4 is 4.72 Å². The molecule has 0 radical (unpaired) electrons. The van der Waals surface area contributed by atoms with E-state index >= 15 is 0 Å². The number of aromatic nitrogens is 2. The zero-order valence-electron chi connectivity index (χ0n) is 13.8. The number of nitrogens with one attached hydrogen (secondary N) is 1. The zero-order valence-corrected chi connectivity index (χ0v) is 14.6. The van der Waals surface area contributed by atoms with Crippen LogP contribution in [0.15, 0.2) is 42.7 Å². The lowest BCUT2D eigenvalue weighted by Crippen LogP contribution is -2.51. The summed E-state index contributed by atoms with van der Waals surface area (Å²) in [5, 5.41) is 4.27. The molecule has 1 saturated heterocycles. The van der Waals surface area contributed by atoms with Crippen LogP contribution in [0.4, 0.5) is 0 Å². The standard InChI is InChI=1S/C16H22N4O3S/c1-13-10-19(11-14(2)23-13)24(21,22)18-9-15-8-17-20(12-15)16-6-4-3-5-7-16/h3-8,12-14,18H,9-11H2,1-2H3. The minimum Gasteiger partial charge on any atom is -0.373 e. The lowest BCUT2D eigenvalue weighted by Gasteiger charge is -2.34. The van der Waals surface area contributed by atoms with E-state index < -0.39 is 10.2 Å². The Labute approximate surface area is 142 Å². The second-order valence-electron chi connectivity index (χ2n) is 6.03. The summed E-state index contributed by atoms with van der Waals surface area (Å²) in [4.78, 5) is 0. The molecule has 0 amide bonds. The van der Waals surface area contributed by atoms with Crippen molar-refractivity contribution >= 4 is 10.2 Å². The van der Waals surface area contributed by atoms with Crippen LogP contribution in [0.3, 0.4) is 0 Å². The number of para-hydroxylation sites is 1. The van der Waals surface area contributed by atoms with E-state index in [0.717, 1.165) is 11.3 Å². The summed E-state index contributed by atoms with van der Waals surface area (Å²) in [5.41, 5.74) is 1.74. The first-order chi connectivity index (χ1) is 11.4. The molecule has 1 aromatic heterocycles. The summed E-state index contributed by atoms with van der Waals surface area (Å²) in [7, 11) is -3.54. The van der Waals surface area contributed by atoms with Crippen molar-refractivity contribution in [2.75, 3.05) is 13.1 Å². The van der Waals surface area contributed by atoms with Gasteiger partial charge in [-0.15, -0.1) is 0 Å². The smallest absolute Gasteiger partial charge is 0.279 e. The van der Waals surface area contributed by atoms with Crippen LogP contribution in [0.5, 0.6) is 0 Å². The van der Waals surface area contributed by atoms with Gasteiger partial charge in [0.25, 0.3) is 10.2 Å². The van der Waals surface area contributed by atoms with E-state index in [4.69, 9.17) is 4.74 Å². The van der Waals surface area contributed by atoms with Crippen LogP contribution in [0.25, 0.3) is 5.69 Å². The maximum Gasteiger partial charge on any atom is 0.279 e. The molecule has 1 aromatic carbocycles. The second-order valence-corrected chi connectivity index (χ2v) is 7.78. The van der Waals surface area contributed by atoms with Gasteiger partial charge in [-0.25, -0.2) is 4.68 Å². The highest BCUT2D eigenvalue weighted by molar-refractivity contribution is 7.87. The minimum atomic E-state index is -3.54. The van der Waals surface area contributed by atoms with Gasteiger partial charge in [0.2, 0.25) is 0 Å². The van der Waals surface area contributed by atoms with Crippen molar-refractivity contribution < 1.29 is 13.2 Å². The topological polar surface area (TPSA) is 76.5 Å². The third-order valence-electron chi connectivity index (χ3n) is 3.84. The Balaban J connectivity index is 1.64. The van der Waals surface area contributed by atoms with Crippen molar-refractivity contribution in [2.24, 2.45) is 0 Å². The Hall–Kier alpha value is -1.74. The van der Waals surface area contributed by atoms with Gasteiger partial charge in [0.15, 0.2) is 0 Å². The Morgan fingerprint density at radius 1 is 1.21 bits per heavy atom. The molecule has 8 heteroatoms. The highest BCUT2D eigenvalue weighted by Gasteiger charge is 2.30. The minimum absolute atomic E-state index is 0.105. The molecule has 3 rings (SSSR count). The molecule has 7 nitrogen and oxygen atoms in total. The van der Waals surface area contributed by atoms with E-state index in [1.54, 1.807) is 10.9 Å². The first-order valence-corrected chi connectivity index (χ1v) is 9.37. The number of nitrogens with zero attached hydrogens (tertiary/aromatic N) is 3. The van der Waals surface area contributed by atoms with Gasteiger partial charge >= 0.3 is 0 Å². The van der Waals surface area contributed by atoms with Crippen LogP contribution in [0.1, 0.15) is 19.4 Å². The van der Waals surface area contributed by atoms with Gasteiger partial charge in [0.05, 0.1) is 24.1 Å². The maximum absolute atomic E-state index is 12.5. The van der Waals surface area contributed by atoms with Gasteiger partial charge in [-0.05, 0) is 26.0 Å². The molecule has 2 unspecified atom stereocenters. The zero-order chi connectivity index (χ0) is 17.2. The van der Waals surface area contributed by atoms with Crippen molar-refractivity contribution in [3.8, 4) is 5.69 Å². The number of benzene rings is 1. The van der Waals surface area contributed by atoms with E-state index in [1.807, 2.05) is 50.4 Å². The summed E-state index contributed by atoms with van der Waals surface area (Å²) in [6, 6.07) is 9.68. The van der Waals surface area contributed by atoms with Gasteiger partial charge in [0, 0.05) is 31.4 Å². The highest BCUT2D eigenvalue weighted by Crippen LogP contribution is 2.14. The average Bonchev–Trinajstić information content (AvgIpc) is 3.02. The van der Waals surface area contributed by atoms with Gasteiger partial charge in [-0.2, -0.15) is 22.5 Å². The van der Waals surface area contributed by atoms with Gasteiger partial charge in [-0.3, -0.25) is 0 Å². The molecule has 0 aliphatic carbocycles. The van der Waals surface area contributed by atoms with E-state index in [0.29, 0.717) is 13.1 Å². The number of hydrogen-bond donors (Lipinski definition) is 1. The van der Waals surface area contributed by atoms with Crippen molar-refractivity contribution in [3.05, 3.63) is 48.3 Å².